The first-order valence-corrected chi connectivity index (χ1v) is 12.3. The lowest BCUT2D eigenvalue weighted by Gasteiger charge is -2.18. The number of benzene rings is 2. The number of carbonyl (C=O) groups is 3. The molecule has 1 heterocycles. The minimum Gasteiger partial charge on any atom is -0.454 e. The molecule has 176 valence electrons. The van der Waals surface area contributed by atoms with Gasteiger partial charge in [-0.1, -0.05) is 60.7 Å². The topological polar surface area (TPSA) is 128 Å². The van der Waals surface area contributed by atoms with Gasteiger partial charge in [0.05, 0.1) is 11.5 Å². The van der Waals surface area contributed by atoms with Crippen LogP contribution in [0.5, 0.6) is 0 Å². The highest BCUT2D eigenvalue weighted by Gasteiger charge is 2.30. The van der Waals surface area contributed by atoms with Crippen molar-refractivity contribution in [3.05, 3.63) is 71.8 Å². The monoisotopic (exact) mass is 474 g/mol. The average molecular weight is 475 g/mol. The van der Waals surface area contributed by atoms with Crippen LogP contribution in [0.2, 0.25) is 0 Å². The van der Waals surface area contributed by atoms with E-state index in [9.17, 15) is 22.8 Å². The summed E-state index contributed by atoms with van der Waals surface area (Å²) in [5.41, 5.74) is 1.57. The number of alkyl carbamates (subject to hydrolysis) is 1. The summed E-state index contributed by atoms with van der Waals surface area (Å²) < 4.78 is 33.3. The zero-order valence-electron chi connectivity index (χ0n) is 17.9. The maximum absolute atomic E-state index is 12.6. The summed E-state index contributed by atoms with van der Waals surface area (Å²) in [6.07, 6.45) is -0.326. The van der Waals surface area contributed by atoms with Crippen LogP contribution in [0.15, 0.2) is 60.7 Å². The Kier molecular flexibility index (Phi) is 8.42. The molecule has 9 nitrogen and oxygen atoms in total. The third-order valence-corrected chi connectivity index (χ3v) is 6.78. The first-order valence-electron chi connectivity index (χ1n) is 10.5. The van der Waals surface area contributed by atoms with E-state index in [-0.39, 0.29) is 24.5 Å². The van der Waals surface area contributed by atoms with E-state index in [2.05, 4.69) is 10.6 Å². The van der Waals surface area contributed by atoms with Crippen molar-refractivity contribution in [1.82, 2.24) is 10.6 Å². The zero-order valence-corrected chi connectivity index (χ0v) is 18.8. The molecule has 0 spiro atoms. The molecule has 33 heavy (non-hydrogen) atoms. The average Bonchev–Trinajstić information content (AvgIpc) is 3.15. The van der Waals surface area contributed by atoms with Gasteiger partial charge in [0, 0.05) is 12.5 Å². The maximum Gasteiger partial charge on any atom is 0.408 e. The van der Waals surface area contributed by atoms with Crippen molar-refractivity contribution in [2.75, 3.05) is 18.1 Å². The molecule has 1 aliphatic rings. The highest BCUT2D eigenvalue weighted by atomic mass is 32.2. The lowest BCUT2D eigenvalue weighted by molar-refractivity contribution is -0.150. The summed E-state index contributed by atoms with van der Waals surface area (Å²) in [5, 5.41) is 5.05. The second-order valence-electron chi connectivity index (χ2n) is 7.72. The van der Waals surface area contributed by atoms with Crippen molar-refractivity contribution >= 4 is 27.8 Å². The Hall–Kier alpha value is -3.40. The Morgan fingerprint density at radius 3 is 2.18 bits per heavy atom. The lowest BCUT2D eigenvalue weighted by Crippen LogP contribution is -2.45. The van der Waals surface area contributed by atoms with Gasteiger partial charge in [0.1, 0.15) is 12.6 Å². The van der Waals surface area contributed by atoms with E-state index < -0.39 is 46.5 Å². The van der Waals surface area contributed by atoms with Crippen molar-refractivity contribution in [1.29, 1.82) is 0 Å². The van der Waals surface area contributed by atoms with Crippen LogP contribution in [-0.2, 0) is 41.9 Å². The van der Waals surface area contributed by atoms with Gasteiger partial charge in [-0.3, -0.25) is 4.79 Å². The standard InChI is InChI=1S/C23H26N2O7S/c26-21(24-19-11-12-33(29,30)16-19)15-31-22(27)20(13-17-7-3-1-4-8-17)25-23(28)32-14-18-9-5-2-6-10-18/h1-10,19-20H,11-16H2,(H,24,26)(H,25,28)/t19-,20+/m0/s1. The zero-order chi connectivity index (χ0) is 23.7. The molecule has 2 N–H and O–H groups in total. The quantitative estimate of drug-likeness (QED) is 0.526. The fourth-order valence-corrected chi connectivity index (χ4v) is 5.04. The normalized spacial score (nSPS) is 17.5. The molecule has 0 radical (unpaired) electrons. The largest absolute Gasteiger partial charge is 0.454 e. The predicted octanol–water partition coefficient (Wildman–Crippen LogP) is 1.37. The number of hydrogen-bond acceptors (Lipinski definition) is 7. The molecule has 0 aliphatic carbocycles. The first kappa shape index (κ1) is 24.2. The second-order valence-corrected chi connectivity index (χ2v) is 9.95. The van der Waals surface area contributed by atoms with Crippen LogP contribution in [-0.4, -0.2) is 56.6 Å². The Morgan fingerprint density at radius 1 is 0.939 bits per heavy atom. The number of rotatable bonds is 9. The van der Waals surface area contributed by atoms with Gasteiger partial charge in [-0.15, -0.1) is 0 Å². The summed E-state index contributed by atoms with van der Waals surface area (Å²) in [6.45, 7) is -0.548. The number of hydrogen-bond donors (Lipinski definition) is 2. The fourth-order valence-electron chi connectivity index (χ4n) is 3.37. The third-order valence-electron chi connectivity index (χ3n) is 5.02. The van der Waals surface area contributed by atoms with Crippen molar-refractivity contribution in [2.24, 2.45) is 0 Å². The van der Waals surface area contributed by atoms with E-state index >= 15 is 0 Å². The van der Waals surface area contributed by atoms with Crippen LogP contribution in [0.4, 0.5) is 4.79 Å². The lowest BCUT2D eigenvalue weighted by atomic mass is 10.1. The van der Waals surface area contributed by atoms with Crippen LogP contribution >= 0.6 is 0 Å². The van der Waals surface area contributed by atoms with Crippen LogP contribution in [0.3, 0.4) is 0 Å². The van der Waals surface area contributed by atoms with Crippen molar-refractivity contribution in [3.63, 3.8) is 0 Å². The number of ether oxygens (including phenoxy) is 2. The molecule has 2 amide bonds. The van der Waals surface area contributed by atoms with Crippen LogP contribution in [0, 0.1) is 0 Å². The van der Waals surface area contributed by atoms with Gasteiger partial charge in [-0.05, 0) is 17.5 Å². The van der Waals surface area contributed by atoms with Crippen LogP contribution < -0.4 is 10.6 Å². The summed E-state index contributed by atoms with van der Waals surface area (Å²) in [4.78, 5) is 37.0. The van der Waals surface area contributed by atoms with Gasteiger partial charge < -0.3 is 20.1 Å². The second kappa shape index (κ2) is 11.5. The van der Waals surface area contributed by atoms with E-state index in [0.717, 1.165) is 11.1 Å². The van der Waals surface area contributed by atoms with Gasteiger partial charge in [0.2, 0.25) is 0 Å². The number of sulfone groups is 1. The smallest absolute Gasteiger partial charge is 0.408 e. The van der Waals surface area contributed by atoms with E-state index in [1.165, 1.54) is 0 Å². The summed E-state index contributed by atoms with van der Waals surface area (Å²) in [7, 11) is -3.14. The summed E-state index contributed by atoms with van der Waals surface area (Å²) in [5.74, 6) is -1.51. The van der Waals surface area contributed by atoms with Crippen LogP contribution in [0.25, 0.3) is 0 Å². The Morgan fingerprint density at radius 2 is 1.58 bits per heavy atom. The molecule has 3 rings (SSSR count). The highest BCUT2D eigenvalue weighted by Crippen LogP contribution is 2.11. The maximum atomic E-state index is 12.6. The molecule has 0 saturated carbocycles. The number of nitrogens with one attached hydrogen (secondary N) is 2. The Labute approximate surface area is 192 Å². The molecule has 0 unspecified atom stereocenters. The Balaban J connectivity index is 1.54. The van der Waals surface area contributed by atoms with Gasteiger partial charge in [0.25, 0.3) is 5.91 Å². The van der Waals surface area contributed by atoms with E-state index in [4.69, 9.17) is 9.47 Å². The van der Waals surface area contributed by atoms with Crippen molar-refractivity contribution in [2.45, 2.75) is 31.5 Å². The van der Waals surface area contributed by atoms with E-state index in [1.807, 2.05) is 24.3 Å². The molecule has 0 aromatic heterocycles. The Bertz CT molecular complexity index is 1060. The first-order chi connectivity index (χ1) is 15.8. The fraction of sp³-hybridized carbons (Fsp3) is 0.348. The number of amides is 2. The molecule has 1 saturated heterocycles. The molecule has 1 aliphatic heterocycles. The van der Waals surface area contributed by atoms with Crippen molar-refractivity contribution < 1.29 is 32.3 Å². The molecule has 0 bridgehead atoms. The molecular weight excluding hydrogens is 448 g/mol. The number of carbonyl (C=O) groups excluding carboxylic acids is 3. The van der Waals surface area contributed by atoms with Gasteiger partial charge >= 0.3 is 12.1 Å². The van der Waals surface area contributed by atoms with Crippen LogP contribution in [0.1, 0.15) is 17.5 Å². The molecule has 2 aromatic carbocycles. The van der Waals surface area contributed by atoms with E-state index in [1.54, 1.807) is 36.4 Å². The van der Waals surface area contributed by atoms with Gasteiger partial charge in [-0.25, -0.2) is 18.0 Å². The van der Waals surface area contributed by atoms with Gasteiger partial charge in [0.15, 0.2) is 16.4 Å². The van der Waals surface area contributed by atoms with Gasteiger partial charge in [-0.2, -0.15) is 0 Å². The SMILES string of the molecule is O=C(COC(=O)[C@@H](Cc1ccccc1)NC(=O)OCc1ccccc1)N[C@H]1CCS(=O)(=O)C1. The molecule has 1 fully saturated rings. The minimum atomic E-state index is -3.14. The highest BCUT2D eigenvalue weighted by molar-refractivity contribution is 7.91. The predicted molar refractivity (Wildman–Crippen MR) is 120 cm³/mol. The number of esters is 1. The van der Waals surface area contributed by atoms with E-state index in [0.29, 0.717) is 6.42 Å². The molecule has 2 atom stereocenters. The van der Waals surface area contributed by atoms with Crippen molar-refractivity contribution in [3.8, 4) is 0 Å². The third kappa shape index (κ3) is 8.23. The molecule has 2 aromatic rings. The summed E-state index contributed by atoms with van der Waals surface area (Å²) in [6, 6.07) is 16.5. The minimum absolute atomic E-state index is 0.0197. The summed E-state index contributed by atoms with van der Waals surface area (Å²) >= 11 is 0. The molecule has 10 heteroatoms. The molecular formula is C23H26N2O7S.